The van der Waals surface area contributed by atoms with Crippen LogP contribution in [0.25, 0.3) is 0 Å². The molecule has 4 atom stereocenters. The van der Waals surface area contributed by atoms with E-state index in [4.69, 9.17) is 14.6 Å². The highest BCUT2D eigenvalue weighted by molar-refractivity contribution is 4.89. The second-order valence-corrected chi connectivity index (χ2v) is 4.85. The molecule has 1 fully saturated rings. The predicted octanol–water partition coefficient (Wildman–Crippen LogP) is 0.621. The molecule has 0 saturated carbocycles. The SMILES string of the molecule is CCC/C=C/CCCO[C@H]1CO[C@H]([C@H](O)CO)[C@@H]1O. The molecule has 0 radical (unpaired) electrons. The zero-order chi connectivity index (χ0) is 14.1. The van der Waals surface area contributed by atoms with Crippen molar-refractivity contribution in [1.29, 1.82) is 0 Å². The molecule has 3 N–H and O–H groups in total. The van der Waals surface area contributed by atoms with E-state index in [-0.39, 0.29) is 6.61 Å². The molecular formula is C14H26O5. The average Bonchev–Trinajstić information content (AvgIpc) is 2.78. The predicted molar refractivity (Wildman–Crippen MR) is 71.9 cm³/mol. The van der Waals surface area contributed by atoms with Crippen molar-refractivity contribution in [2.24, 2.45) is 0 Å². The normalized spacial score (nSPS) is 29.2. The lowest BCUT2D eigenvalue weighted by Crippen LogP contribution is -2.41. The van der Waals surface area contributed by atoms with E-state index in [2.05, 4.69) is 19.1 Å². The van der Waals surface area contributed by atoms with Gasteiger partial charge in [0.25, 0.3) is 0 Å². The summed E-state index contributed by atoms with van der Waals surface area (Å²) >= 11 is 0. The molecule has 5 nitrogen and oxygen atoms in total. The Kier molecular flexibility index (Phi) is 8.25. The van der Waals surface area contributed by atoms with Crippen LogP contribution in [-0.4, -0.2) is 59.6 Å². The molecule has 0 amide bonds. The zero-order valence-electron chi connectivity index (χ0n) is 11.6. The fourth-order valence-corrected chi connectivity index (χ4v) is 2.04. The fraction of sp³-hybridized carbons (Fsp3) is 0.857. The molecule has 0 aromatic carbocycles. The lowest BCUT2D eigenvalue weighted by atomic mass is 10.1. The molecule has 0 unspecified atom stereocenters. The first kappa shape index (κ1) is 16.6. The number of unbranched alkanes of at least 4 members (excludes halogenated alkanes) is 2. The largest absolute Gasteiger partial charge is 0.394 e. The summed E-state index contributed by atoms with van der Waals surface area (Å²) in [4.78, 5) is 0. The summed E-state index contributed by atoms with van der Waals surface area (Å²) in [5, 5.41) is 28.2. The van der Waals surface area contributed by atoms with E-state index in [0.717, 1.165) is 25.7 Å². The highest BCUT2D eigenvalue weighted by atomic mass is 16.6. The van der Waals surface area contributed by atoms with Crippen LogP contribution >= 0.6 is 0 Å². The summed E-state index contributed by atoms with van der Waals surface area (Å²) in [5.74, 6) is 0. The third kappa shape index (κ3) is 5.58. The van der Waals surface area contributed by atoms with E-state index in [9.17, 15) is 10.2 Å². The van der Waals surface area contributed by atoms with Crippen LogP contribution in [0.5, 0.6) is 0 Å². The summed E-state index contributed by atoms with van der Waals surface area (Å²) in [7, 11) is 0. The minimum absolute atomic E-state index is 0.258. The minimum Gasteiger partial charge on any atom is -0.394 e. The van der Waals surface area contributed by atoms with Crippen LogP contribution in [0.4, 0.5) is 0 Å². The van der Waals surface area contributed by atoms with Crippen molar-refractivity contribution in [2.75, 3.05) is 19.8 Å². The first-order valence-corrected chi connectivity index (χ1v) is 7.05. The molecule has 1 aliphatic heterocycles. The van der Waals surface area contributed by atoms with Gasteiger partial charge in [-0.05, 0) is 19.3 Å². The molecule has 1 heterocycles. The first-order chi connectivity index (χ1) is 9.20. The Balaban J connectivity index is 2.14. The molecule has 1 rings (SSSR count). The highest BCUT2D eigenvalue weighted by Crippen LogP contribution is 2.20. The minimum atomic E-state index is -1.06. The summed E-state index contributed by atoms with van der Waals surface area (Å²) in [6, 6.07) is 0. The van der Waals surface area contributed by atoms with E-state index < -0.39 is 31.0 Å². The van der Waals surface area contributed by atoms with E-state index in [0.29, 0.717) is 6.61 Å². The molecule has 5 heteroatoms. The van der Waals surface area contributed by atoms with Gasteiger partial charge in [-0.1, -0.05) is 25.5 Å². The summed E-state index contributed by atoms with van der Waals surface area (Å²) in [6.07, 6.45) is 5.35. The van der Waals surface area contributed by atoms with Gasteiger partial charge < -0.3 is 24.8 Å². The molecule has 1 aliphatic rings. The molecule has 112 valence electrons. The lowest BCUT2D eigenvalue weighted by Gasteiger charge is -2.20. The van der Waals surface area contributed by atoms with Crippen molar-refractivity contribution in [2.45, 2.75) is 57.0 Å². The number of hydrogen-bond acceptors (Lipinski definition) is 5. The van der Waals surface area contributed by atoms with Gasteiger partial charge in [0.1, 0.15) is 24.4 Å². The monoisotopic (exact) mass is 274 g/mol. The number of aliphatic hydroxyl groups excluding tert-OH is 3. The van der Waals surface area contributed by atoms with Gasteiger partial charge in [0.15, 0.2) is 0 Å². The van der Waals surface area contributed by atoms with Crippen LogP contribution in [0.3, 0.4) is 0 Å². The molecule has 0 bridgehead atoms. The van der Waals surface area contributed by atoms with Crippen LogP contribution in [0, 0.1) is 0 Å². The third-order valence-corrected chi connectivity index (χ3v) is 3.21. The number of rotatable bonds is 9. The topological polar surface area (TPSA) is 79.2 Å². The second-order valence-electron chi connectivity index (χ2n) is 4.85. The van der Waals surface area contributed by atoms with Gasteiger partial charge in [0, 0.05) is 6.61 Å². The molecular weight excluding hydrogens is 248 g/mol. The molecule has 19 heavy (non-hydrogen) atoms. The molecule has 0 aromatic heterocycles. The Bertz CT molecular complexity index is 256. The number of aliphatic hydroxyl groups is 3. The van der Waals surface area contributed by atoms with Crippen molar-refractivity contribution < 1.29 is 24.8 Å². The number of allylic oxidation sites excluding steroid dienone is 2. The van der Waals surface area contributed by atoms with E-state index >= 15 is 0 Å². The van der Waals surface area contributed by atoms with Crippen molar-refractivity contribution in [3.63, 3.8) is 0 Å². The molecule has 0 aliphatic carbocycles. The maximum atomic E-state index is 9.89. The van der Waals surface area contributed by atoms with E-state index in [1.54, 1.807) is 0 Å². The van der Waals surface area contributed by atoms with Crippen molar-refractivity contribution in [3.05, 3.63) is 12.2 Å². The van der Waals surface area contributed by atoms with E-state index in [1.165, 1.54) is 0 Å². The van der Waals surface area contributed by atoms with Crippen molar-refractivity contribution in [1.82, 2.24) is 0 Å². The molecule has 0 aromatic rings. The Morgan fingerprint density at radius 1 is 1.37 bits per heavy atom. The second kappa shape index (κ2) is 9.44. The molecule has 0 spiro atoms. The van der Waals surface area contributed by atoms with Crippen molar-refractivity contribution >= 4 is 0 Å². The molecule has 1 saturated heterocycles. The highest BCUT2D eigenvalue weighted by Gasteiger charge is 2.40. The maximum absolute atomic E-state index is 9.89. The van der Waals surface area contributed by atoms with Crippen LogP contribution in [0.15, 0.2) is 12.2 Å². The number of ether oxygens (including phenoxy) is 2. The summed E-state index contributed by atoms with van der Waals surface area (Å²) in [5.41, 5.74) is 0. The van der Waals surface area contributed by atoms with Gasteiger partial charge >= 0.3 is 0 Å². The first-order valence-electron chi connectivity index (χ1n) is 7.05. The quantitative estimate of drug-likeness (QED) is 0.424. The van der Waals surface area contributed by atoms with Crippen LogP contribution in [0.1, 0.15) is 32.6 Å². The Morgan fingerprint density at radius 2 is 2.11 bits per heavy atom. The average molecular weight is 274 g/mol. The lowest BCUT2D eigenvalue weighted by molar-refractivity contribution is -0.0729. The fourth-order valence-electron chi connectivity index (χ4n) is 2.04. The van der Waals surface area contributed by atoms with Gasteiger partial charge in [0.2, 0.25) is 0 Å². The van der Waals surface area contributed by atoms with Gasteiger partial charge in [-0.2, -0.15) is 0 Å². The maximum Gasteiger partial charge on any atom is 0.114 e. The van der Waals surface area contributed by atoms with Gasteiger partial charge in [-0.3, -0.25) is 0 Å². The van der Waals surface area contributed by atoms with Crippen molar-refractivity contribution in [3.8, 4) is 0 Å². The standard InChI is InChI=1S/C14H26O5/c1-2-3-4-5-6-7-8-18-12-10-19-14(13(12)17)11(16)9-15/h4-5,11-17H,2-3,6-10H2,1H3/b5-4+/t11-,12+,13-,14-/m1/s1. The third-order valence-electron chi connectivity index (χ3n) is 3.21. The Labute approximate surface area is 114 Å². The van der Waals surface area contributed by atoms with Crippen LogP contribution < -0.4 is 0 Å². The summed E-state index contributed by atoms with van der Waals surface area (Å²) in [6.45, 7) is 2.54. The zero-order valence-corrected chi connectivity index (χ0v) is 11.6. The van der Waals surface area contributed by atoms with Crippen LogP contribution in [0.2, 0.25) is 0 Å². The van der Waals surface area contributed by atoms with Crippen LogP contribution in [-0.2, 0) is 9.47 Å². The van der Waals surface area contributed by atoms with Gasteiger partial charge in [-0.15, -0.1) is 0 Å². The smallest absolute Gasteiger partial charge is 0.114 e. The van der Waals surface area contributed by atoms with Gasteiger partial charge in [-0.25, -0.2) is 0 Å². The van der Waals surface area contributed by atoms with E-state index in [1.807, 2.05) is 0 Å². The Morgan fingerprint density at radius 3 is 2.79 bits per heavy atom. The van der Waals surface area contributed by atoms with Gasteiger partial charge in [0.05, 0.1) is 13.2 Å². The number of hydrogen-bond donors (Lipinski definition) is 3. The Hall–Kier alpha value is -0.460. The summed E-state index contributed by atoms with van der Waals surface area (Å²) < 4.78 is 10.8.